The van der Waals surface area contributed by atoms with Gasteiger partial charge in [-0.25, -0.2) is 0 Å². The van der Waals surface area contributed by atoms with Crippen LogP contribution < -0.4 is 4.73 Å². The van der Waals surface area contributed by atoms with Gasteiger partial charge in [-0.3, -0.25) is 4.79 Å². The summed E-state index contributed by atoms with van der Waals surface area (Å²) < 4.78 is 0.663. The number of nitrogens with one attached hydrogen (secondary N) is 1. The number of aromatic nitrogens is 2. The van der Waals surface area contributed by atoms with E-state index in [1.54, 1.807) is 12.1 Å². The normalized spacial score (nSPS) is 17.3. The highest BCUT2D eigenvalue weighted by Gasteiger charge is 2.31. The summed E-state index contributed by atoms with van der Waals surface area (Å²) >= 11 is 0. The fourth-order valence-corrected chi connectivity index (χ4v) is 3.45. The molecule has 0 fully saturated rings. The molecule has 3 aromatic rings. The third-order valence-corrected chi connectivity index (χ3v) is 4.62. The largest absolute Gasteiger partial charge is 0.619 e. The number of carbonyl (C=O) groups is 1. The molecule has 116 valence electrons. The van der Waals surface area contributed by atoms with Crippen LogP contribution in [0.5, 0.6) is 0 Å². The van der Waals surface area contributed by atoms with Gasteiger partial charge in [0.05, 0.1) is 6.04 Å². The van der Waals surface area contributed by atoms with Crippen molar-refractivity contribution < 1.29 is 9.52 Å². The highest BCUT2D eigenvalue weighted by atomic mass is 16.5. The minimum absolute atomic E-state index is 0.0426. The lowest BCUT2D eigenvalue weighted by Gasteiger charge is -2.33. The second-order valence-corrected chi connectivity index (χ2v) is 5.94. The molecule has 0 radical (unpaired) electrons. The SMILES string of the molecule is CC1c2[nH]c3ccccc3c2CCN1C(=O)c1ccc[n+]([O-])c1. The zero-order valence-corrected chi connectivity index (χ0v) is 12.8. The van der Waals surface area contributed by atoms with Crippen LogP contribution in [0.4, 0.5) is 0 Å². The van der Waals surface area contributed by atoms with E-state index in [0.717, 1.165) is 17.6 Å². The summed E-state index contributed by atoms with van der Waals surface area (Å²) in [5.41, 5.74) is 3.92. The third kappa shape index (κ3) is 2.16. The van der Waals surface area contributed by atoms with Crippen LogP contribution in [0.3, 0.4) is 0 Å². The number of para-hydroxylation sites is 1. The van der Waals surface area contributed by atoms with Crippen molar-refractivity contribution in [3.05, 3.63) is 70.8 Å². The lowest BCUT2D eigenvalue weighted by molar-refractivity contribution is -0.605. The predicted molar refractivity (Wildman–Crippen MR) is 86.9 cm³/mol. The van der Waals surface area contributed by atoms with Gasteiger partial charge in [-0.1, -0.05) is 18.2 Å². The number of rotatable bonds is 1. The third-order valence-electron chi connectivity index (χ3n) is 4.62. The molecule has 0 aliphatic carbocycles. The van der Waals surface area contributed by atoms with E-state index in [1.807, 2.05) is 24.0 Å². The molecule has 0 saturated carbocycles. The van der Waals surface area contributed by atoms with Crippen LogP contribution in [0.15, 0.2) is 48.8 Å². The standard InChI is InChI=1S/C18H17N3O2/c1-12-17-15(14-6-2-3-7-16(14)19-17)8-10-21(12)18(22)13-5-4-9-20(23)11-13/h2-7,9,11-12,19H,8,10H2,1H3. The highest BCUT2D eigenvalue weighted by Crippen LogP contribution is 2.34. The first kappa shape index (κ1) is 13.8. The number of benzene rings is 1. The molecule has 5 nitrogen and oxygen atoms in total. The first-order valence-electron chi connectivity index (χ1n) is 7.74. The molecule has 3 heterocycles. The number of hydrogen-bond acceptors (Lipinski definition) is 2. The zero-order valence-electron chi connectivity index (χ0n) is 12.8. The van der Waals surface area contributed by atoms with Crippen LogP contribution in [0.1, 0.15) is 34.6 Å². The Morgan fingerprint density at radius 3 is 2.96 bits per heavy atom. The van der Waals surface area contributed by atoms with Crippen LogP contribution >= 0.6 is 0 Å². The van der Waals surface area contributed by atoms with Gasteiger partial charge in [0.1, 0.15) is 5.56 Å². The molecule has 1 amide bonds. The summed E-state index contributed by atoms with van der Waals surface area (Å²) in [5, 5.41) is 12.6. The average molecular weight is 307 g/mol. The fourth-order valence-electron chi connectivity index (χ4n) is 3.45. The van der Waals surface area contributed by atoms with E-state index < -0.39 is 0 Å². The molecule has 2 aromatic heterocycles. The number of pyridine rings is 1. The van der Waals surface area contributed by atoms with Crippen LogP contribution in [0, 0.1) is 5.21 Å². The summed E-state index contributed by atoms with van der Waals surface area (Å²) in [6, 6.07) is 11.5. The molecule has 1 atom stereocenters. The molecule has 1 unspecified atom stereocenters. The first-order valence-corrected chi connectivity index (χ1v) is 7.74. The Labute approximate surface area is 133 Å². The molecule has 0 spiro atoms. The minimum Gasteiger partial charge on any atom is -0.619 e. The highest BCUT2D eigenvalue weighted by molar-refractivity contribution is 5.94. The summed E-state index contributed by atoms with van der Waals surface area (Å²) in [5.74, 6) is -0.105. The molecule has 23 heavy (non-hydrogen) atoms. The molecule has 1 N–H and O–H groups in total. The Bertz CT molecular complexity index is 900. The lowest BCUT2D eigenvalue weighted by Crippen LogP contribution is -2.40. The van der Waals surface area contributed by atoms with Gasteiger partial charge in [0.15, 0.2) is 12.4 Å². The molecule has 0 saturated heterocycles. The van der Waals surface area contributed by atoms with Crippen molar-refractivity contribution in [2.24, 2.45) is 0 Å². The maximum atomic E-state index is 12.7. The maximum absolute atomic E-state index is 12.7. The van der Waals surface area contributed by atoms with E-state index in [9.17, 15) is 10.0 Å². The Morgan fingerprint density at radius 1 is 1.30 bits per heavy atom. The molecular formula is C18H17N3O2. The van der Waals surface area contributed by atoms with E-state index in [1.165, 1.54) is 23.3 Å². The number of hydrogen-bond donors (Lipinski definition) is 1. The van der Waals surface area contributed by atoms with Gasteiger partial charge in [-0.2, -0.15) is 4.73 Å². The van der Waals surface area contributed by atoms with Gasteiger partial charge in [-0.15, -0.1) is 0 Å². The van der Waals surface area contributed by atoms with E-state index in [2.05, 4.69) is 17.1 Å². The van der Waals surface area contributed by atoms with Crippen molar-refractivity contribution in [2.75, 3.05) is 6.54 Å². The molecular weight excluding hydrogens is 290 g/mol. The number of amides is 1. The molecule has 5 heteroatoms. The van der Waals surface area contributed by atoms with Crippen LogP contribution in [0.2, 0.25) is 0 Å². The van der Waals surface area contributed by atoms with Gasteiger partial charge in [0, 0.05) is 29.2 Å². The fraction of sp³-hybridized carbons (Fsp3) is 0.222. The summed E-state index contributed by atoms with van der Waals surface area (Å²) in [6.45, 7) is 2.68. The number of nitrogens with zero attached hydrogens (tertiary/aromatic N) is 2. The molecule has 4 rings (SSSR count). The van der Waals surface area contributed by atoms with Gasteiger partial charge < -0.3 is 15.1 Å². The Morgan fingerprint density at radius 2 is 2.13 bits per heavy atom. The van der Waals surface area contributed by atoms with E-state index >= 15 is 0 Å². The Kier molecular flexibility index (Phi) is 3.08. The van der Waals surface area contributed by atoms with Crippen molar-refractivity contribution >= 4 is 16.8 Å². The van der Waals surface area contributed by atoms with Gasteiger partial charge >= 0.3 is 0 Å². The summed E-state index contributed by atoms with van der Waals surface area (Å²) in [6.07, 6.45) is 3.53. The average Bonchev–Trinajstić information content (AvgIpc) is 2.94. The van der Waals surface area contributed by atoms with Gasteiger partial charge in [0.25, 0.3) is 5.91 Å². The quantitative estimate of drug-likeness (QED) is 0.555. The van der Waals surface area contributed by atoms with Gasteiger partial charge in [0.2, 0.25) is 0 Å². The molecule has 1 aliphatic rings. The van der Waals surface area contributed by atoms with Crippen molar-refractivity contribution in [2.45, 2.75) is 19.4 Å². The topological polar surface area (TPSA) is 63.0 Å². The molecule has 1 aliphatic heterocycles. The molecule has 0 bridgehead atoms. The van der Waals surface area contributed by atoms with Crippen molar-refractivity contribution in [3.8, 4) is 0 Å². The van der Waals surface area contributed by atoms with Crippen LogP contribution in [-0.2, 0) is 6.42 Å². The first-order chi connectivity index (χ1) is 11.1. The van der Waals surface area contributed by atoms with E-state index in [-0.39, 0.29) is 11.9 Å². The minimum atomic E-state index is -0.105. The van der Waals surface area contributed by atoms with Crippen LogP contribution in [0.25, 0.3) is 10.9 Å². The zero-order chi connectivity index (χ0) is 16.0. The Balaban J connectivity index is 1.72. The van der Waals surface area contributed by atoms with Crippen molar-refractivity contribution in [3.63, 3.8) is 0 Å². The van der Waals surface area contributed by atoms with Crippen LogP contribution in [-0.4, -0.2) is 22.3 Å². The predicted octanol–water partition coefficient (Wildman–Crippen LogP) is 2.56. The van der Waals surface area contributed by atoms with Crippen molar-refractivity contribution in [1.82, 2.24) is 9.88 Å². The van der Waals surface area contributed by atoms with Gasteiger partial charge in [-0.05, 0) is 31.0 Å². The van der Waals surface area contributed by atoms with E-state index in [0.29, 0.717) is 16.8 Å². The second kappa shape index (κ2) is 5.12. The number of aromatic amines is 1. The smallest absolute Gasteiger partial charge is 0.260 e. The molecule has 1 aromatic carbocycles. The second-order valence-electron chi connectivity index (χ2n) is 5.94. The number of H-pyrrole nitrogens is 1. The van der Waals surface area contributed by atoms with E-state index in [4.69, 9.17) is 0 Å². The monoisotopic (exact) mass is 307 g/mol. The Hall–Kier alpha value is -2.82. The lowest BCUT2D eigenvalue weighted by atomic mass is 9.97. The maximum Gasteiger partial charge on any atom is 0.260 e. The summed E-state index contributed by atoms with van der Waals surface area (Å²) in [7, 11) is 0. The number of fused-ring (bicyclic) bond motifs is 3. The van der Waals surface area contributed by atoms with Crippen molar-refractivity contribution in [1.29, 1.82) is 0 Å². The summed E-state index contributed by atoms with van der Waals surface area (Å²) in [4.78, 5) is 18.0. The number of carbonyl (C=O) groups excluding carboxylic acids is 1.